The van der Waals surface area contributed by atoms with Gasteiger partial charge in [0.25, 0.3) is 0 Å². The fourth-order valence-corrected chi connectivity index (χ4v) is 3.52. The second-order valence-electron chi connectivity index (χ2n) is 8.83. The number of nitrogens with two attached hydrogens (primary N) is 1. The van der Waals surface area contributed by atoms with Crippen molar-refractivity contribution in [3.8, 4) is 0 Å². The molecule has 1 fully saturated rings. The molecule has 0 spiro atoms. The van der Waals surface area contributed by atoms with Crippen LogP contribution < -0.4 is 5.73 Å². The average Bonchev–Trinajstić information content (AvgIpc) is 2.37. The fourth-order valence-electron chi connectivity index (χ4n) is 3.52. The van der Waals surface area contributed by atoms with Crippen molar-refractivity contribution in [2.24, 2.45) is 28.9 Å². The van der Waals surface area contributed by atoms with E-state index in [0.717, 1.165) is 11.8 Å². The minimum absolute atomic E-state index is 0.324. The third-order valence-corrected chi connectivity index (χ3v) is 5.34. The van der Waals surface area contributed by atoms with E-state index in [1.807, 2.05) is 0 Å². The Morgan fingerprint density at radius 1 is 1.05 bits per heavy atom. The van der Waals surface area contributed by atoms with E-state index in [2.05, 4.69) is 46.4 Å². The Bertz CT molecular complexity index is 271. The summed E-state index contributed by atoms with van der Waals surface area (Å²) in [5.74, 6) is 2.28. The molecule has 0 radical (unpaired) electrons. The van der Waals surface area contributed by atoms with Gasteiger partial charge in [0.1, 0.15) is 0 Å². The van der Waals surface area contributed by atoms with Crippen LogP contribution in [0.2, 0.25) is 0 Å². The van der Waals surface area contributed by atoms with Gasteiger partial charge in [0.15, 0.2) is 0 Å². The van der Waals surface area contributed by atoms with Gasteiger partial charge in [-0.1, -0.05) is 48.0 Å². The highest BCUT2D eigenvalue weighted by Gasteiger charge is 2.36. The molecule has 2 atom stereocenters. The molecule has 21 heavy (non-hydrogen) atoms. The lowest BCUT2D eigenvalue weighted by atomic mass is 9.68. The molecule has 0 aromatic carbocycles. The second kappa shape index (κ2) is 8.53. The van der Waals surface area contributed by atoms with Gasteiger partial charge < -0.3 is 10.6 Å². The molecule has 0 saturated heterocycles. The van der Waals surface area contributed by atoms with Crippen molar-refractivity contribution in [1.82, 2.24) is 4.90 Å². The molecule has 1 aliphatic carbocycles. The molecule has 2 heteroatoms. The minimum atomic E-state index is 0.324. The molecule has 2 unspecified atom stereocenters. The molecule has 2 nitrogen and oxygen atoms in total. The third kappa shape index (κ3) is 6.69. The summed E-state index contributed by atoms with van der Waals surface area (Å²) in [5.41, 5.74) is 6.91. The first-order valence-corrected chi connectivity index (χ1v) is 9.20. The lowest BCUT2D eigenvalue weighted by Crippen LogP contribution is -2.50. The van der Waals surface area contributed by atoms with E-state index in [4.69, 9.17) is 5.73 Å². The molecule has 0 aromatic heterocycles. The van der Waals surface area contributed by atoms with Gasteiger partial charge in [-0.3, -0.25) is 0 Å². The number of hydrogen-bond donors (Lipinski definition) is 1. The van der Waals surface area contributed by atoms with Crippen molar-refractivity contribution in [2.75, 3.05) is 19.6 Å². The second-order valence-corrected chi connectivity index (χ2v) is 8.83. The first-order valence-electron chi connectivity index (χ1n) is 9.20. The summed E-state index contributed by atoms with van der Waals surface area (Å²) in [4.78, 5) is 2.70. The van der Waals surface area contributed by atoms with E-state index in [0.29, 0.717) is 17.4 Å². The largest absolute Gasteiger partial charge is 0.327 e. The van der Waals surface area contributed by atoms with Crippen LogP contribution in [0.1, 0.15) is 73.6 Å². The van der Waals surface area contributed by atoms with Gasteiger partial charge in [0, 0.05) is 12.6 Å². The Labute approximate surface area is 133 Å². The highest BCUT2D eigenvalue weighted by Crippen LogP contribution is 2.38. The van der Waals surface area contributed by atoms with Gasteiger partial charge in [-0.25, -0.2) is 0 Å². The summed E-state index contributed by atoms with van der Waals surface area (Å²) >= 11 is 0. The molecule has 0 heterocycles. The van der Waals surface area contributed by atoms with Crippen molar-refractivity contribution in [3.63, 3.8) is 0 Å². The van der Waals surface area contributed by atoms with Gasteiger partial charge in [0.2, 0.25) is 0 Å². The predicted molar refractivity (Wildman–Crippen MR) is 94.4 cm³/mol. The van der Waals surface area contributed by atoms with Crippen LogP contribution in [0.4, 0.5) is 0 Å². The Balaban J connectivity index is 2.56. The van der Waals surface area contributed by atoms with E-state index in [1.54, 1.807) is 0 Å². The van der Waals surface area contributed by atoms with Crippen LogP contribution in [0.25, 0.3) is 0 Å². The van der Waals surface area contributed by atoms with Crippen molar-refractivity contribution >= 4 is 0 Å². The zero-order valence-corrected chi connectivity index (χ0v) is 15.5. The smallest absolute Gasteiger partial charge is 0.0131 e. The Morgan fingerprint density at radius 2 is 1.57 bits per heavy atom. The Morgan fingerprint density at radius 3 is 2.05 bits per heavy atom. The summed E-state index contributed by atoms with van der Waals surface area (Å²) in [6, 6.07) is 0.367. The lowest BCUT2D eigenvalue weighted by molar-refractivity contribution is 0.0980. The molecule has 1 rings (SSSR count). The topological polar surface area (TPSA) is 29.3 Å². The zero-order valence-electron chi connectivity index (χ0n) is 15.5. The lowest BCUT2D eigenvalue weighted by Gasteiger charge is -2.43. The summed E-state index contributed by atoms with van der Waals surface area (Å²) in [6.45, 7) is 17.7. The summed E-state index contributed by atoms with van der Waals surface area (Å²) in [7, 11) is 0. The summed E-state index contributed by atoms with van der Waals surface area (Å²) in [6.07, 6.45) is 6.59. The van der Waals surface area contributed by atoms with Crippen LogP contribution in [0.5, 0.6) is 0 Å². The van der Waals surface area contributed by atoms with E-state index < -0.39 is 0 Å². The fraction of sp³-hybridized carbons (Fsp3) is 1.00. The SMILES string of the molecule is CC(C)CCN(CCC(C)C)CC1CCCC(C)(C)C1N. The zero-order chi connectivity index (χ0) is 16.0. The molecule has 0 amide bonds. The van der Waals surface area contributed by atoms with Gasteiger partial charge in [-0.2, -0.15) is 0 Å². The molecule has 0 aliphatic heterocycles. The Hall–Kier alpha value is -0.0800. The number of nitrogens with zero attached hydrogens (tertiary/aromatic N) is 1. The third-order valence-electron chi connectivity index (χ3n) is 5.34. The van der Waals surface area contributed by atoms with Crippen molar-refractivity contribution < 1.29 is 0 Å². The van der Waals surface area contributed by atoms with Gasteiger partial charge >= 0.3 is 0 Å². The molecule has 1 saturated carbocycles. The highest BCUT2D eigenvalue weighted by atomic mass is 15.1. The average molecular weight is 297 g/mol. The van der Waals surface area contributed by atoms with Crippen LogP contribution in [0.3, 0.4) is 0 Å². The number of rotatable bonds is 8. The van der Waals surface area contributed by atoms with Crippen molar-refractivity contribution in [2.45, 2.75) is 79.7 Å². The van der Waals surface area contributed by atoms with Crippen LogP contribution in [-0.2, 0) is 0 Å². The Kier molecular flexibility index (Phi) is 7.70. The molecule has 126 valence electrons. The van der Waals surface area contributed by atoms with E-state index in [1.165, 1.54) is 51.7 Å². The summed E-state index contributed by atoms with van der Waals surface area (Å²) < 4.78 is 0. The quantitative estimate of drug-likeness (QED) is 0.713. The van der Waals surface area contributed by atoms with Crippen LogP contribution in [-0.4, -0.2) is 30.6 Å². The molecular weight excluding hydrogens is 256 g/mol. The van der Waals surface area contributed by atoms with E-state index in [9.17, 15) is 0 Å². The van der Waals surface area contributed by atoms with Crippen LogP contribution >= 0.6 is 0 Å². The highest BCUT2D eigenvalue weighted by molar-refractivity contribution is 4.92. The normalized spacial score (nSPS) is 26.0. The van der Waals surface area contributed by atoms with E-state index >= 15 is 0 Å². The molecule has 0 bridgehead atoms. The van der Waals surface area contributed by atoms with Crippen molar-refractivity contribution in [1.29, 1.82) is 0 Å². The van der Waals surface area contributed by atoms with Crippen LogP contribution in [0, 0.1) is 23.2 Å². The summed E-state index contributed by atoms with van der Waals surface area (Å²) in [5, 5.41) is 0. The maximum Gasteiger partial charge on any atom is 0.0131 e. The van der Waals surface area contributed by atoms with Gasteiger partial charge in [-0.15, -0.1) is 0 Å². The minimum Gasteiger partial charge on any atom is -0.327 e. The molecule has 2 N–H and O–H groups in total. The predicted octanol–water partition coefficient (Wildman–Crippen LogP) is 4.53. The monoisotopic (exact) mass is 296 g/mol. The first kappa shape index (κ1) is 19.0. The first-order chi connectivity index (χ1) is 9.72. The maximum atomic E-state index is 6.59. The van der Waals surface area contributed by atoms with Crippen LogP contribution in [0.15, 0.2) is 0 Å². The van der Waals surface area contributed by atoms with E-state index in [-0.39, 0.29) is 0 Å². The van der Waals surface area contributed by atoms with Gasteiger partial charge in [-0.05, 0) is 61.9 Å². The maximum absolute atomic E-state index is 6.59. The standard InChI is InChI=1S/C19H40N2/c1-15(2)9-12-21(13-10-16(3)4)14-17-8-7-11-19(5,6)18(17)20/h15-18H,7-14,20H2,1-6H3. The molecule has 1 aliphatic rings. The van der Waals surface area contributed by atoms with Crippen molar-refractivity contribution in [3.05, 3.63) is 0 Å². The molecular formula is C19H40N2. The number of hydrogen-bond acceptors (Lipinski definition) is 2. The molecule has 0 aromatic rings. The van der Waals surface area contributed by atoms with Gasteiger partial charge in [0.05, 0.1) is 0 Å².